The van der Waals surface area contributed by atoms with Crippen LogP contribution in [0.25, 0.3) is 0 Å². The van der Waals surface area contributed by atoms with Crippen LogP contribution in [0.1, 0.15) is 19.3 Å². The molecule has 0 aromatic carbocycles. The fourth-order valence-electron chi connectivity index (χ4n) is 1.86. The Kier molecular flexibility index (Phi) is 5.51. The van der Waals surface area contributed by atoms with Crippen LogP contribution in [0, 0.1) is 17.2 Å². The van der Waals surface area contributed by atoms with E-state index in [0.717, 1.165) is 25.7 Å². The van der Waals surface area contributed by atoms with Crippen LogP contribution < -0.4 is 5.32 Å². The van der Waals surface area contributed by atoms with E-state index in [2.05, 4.69) is 5.32 Å². The molecule has 0 aromatic rings. The fourth-order valence-corrected chi connectivity index (χ4v) is 1.86. The second-order valence-corrected chi connectivity index (χ2v) is 4.03. The first-order valence-corrected chi connectivity index (χ1v) is 5.57. The smallest absolute Gasteiger partial charge is 0.234 e. The minimum absolute atomic E-state index is 0.0678. The van der Waals surface area contributed by atoms with Crippen molar-refractivity contribution in [2.75, 3.05) is 26.2 Å². The number of piperidine rings is 1. The Morgan fingerprint density at radius 3 is 3.12 bits per heavy atom. The van der Waals surface area contributed by atoms with Crippen molar-refractivity contribution in [3.8, 4) is 6.07 Å². The maximum absolute atomic E-state index is 11.4. The number of nitrogens with one attached hydrogen (secondary N) is 1. The standard InChI is InChI=1S/C11H17N3O2/c12-4-2-5-13-11(16)8-14-6-1-3-10(7-14)9-15/h9-10H,1-3,5-8H2,(H,13,16). The maximum Gasteiger partial charge on any atom is 0.234 e. The first-order chi connectivity index (χ1) is 7.76. The zero-order valence-electron chi connectivity index (χ0n) is 9.32. The summed E-state index contributed by atoms with van der Waals surface area (Å²) in [7, 11) is 0. The van der Waals surface area contributed by atoms with E-state index in [4.69, 9.17) is 5.26 Å². The van der Waals surface area contributed by atoms with Gasteiger partial charge in [0.1, 0.15) is 6.29 Å². The van der Waals surface area contributed by atoms with Crippen molar-refractivity contribution < 1.29 is 9.59 Å². The molecular formula is C11H17N3O2. The normalized spacial score (nSPS) is 21.1. The van der Waals surface area contributed by atoms with Crippen LogP contribution in [0.15, 0.2) is 0 Å². The molecule has 0 radical (unpaired) electrons. The number of amides is 1. The topological polar surface area (TPSA) is 73.2 Å². The Bertz CT molecular complexity index is 285. The number of carbonyl (C=O) groups excluding carboxylic acids is 2. The Hall–Kier alpha value is -1.41. The summed E-state index contributed by atoms with van der Waals surface area (Å²) in [6, 6.07) is 1.97. The lowest BCUT2D eigenvalue weighted by atomic mass is 10.00. The van der Waals surface area contributed by atoms with Crippen LogP contribution in [0.5, 0.6) is 0 Å². The Morgan fingerprint density at radius 1 is 1.62 bits per heavy atom. The summed E-state index contributed by atoms with van der Waals surface area (Å²) >= 11 is 0. The van der Waals surface area contributed by atoms with Crippen molar-refractivity contribution in [1.82, 2.24) is 10.2 Å². The number of nitriles is 1. The molecule has 1 rings (SSSR count). The van der Waals surface area contributed by atoms with Crippen LogP contribution in [-0.2, 0) is 9.59 Å². The van der Waals surface area contributed by atoms with Gasteiger partial charge in [-0.1, -0.05) is 0 Å². The molecule has 5 nitrogen and oxygen atoms in total. The molecule has 5 heteroatoms. The quantitative estimate of drug-likeness (QED) is 0.523. The van der Waals surface area contributed by atoms with Gasteiger partial charge in [-0.3, -0.25) is 9.69 Å². The summed E-state index contributed by atoms with van der Waals surface area (Å²) in [5.74, 6) is 0.00228. The van der Waals surface area contributed by atoms with Gasteiger partial charge >= 0.3 is 0 Å². The third kappa shape index (κ3) is 4.41. The molecule has 0 aromatic heterocycles. The van der Waals surface area contributed by atoms with Crippen molar-refractivity contribution in [3.05, 3.63) is 0 Å². The van der Waals surface area contributed by atoms with E-state index >= 15 is 0 Å². The van der Waals surface area contributed by atoms with Crippen LogP contribution in [-0.4, -0.2) is 43.3 Å². The molecule has 0 bridgehead atoms. The largest absolute Gasteiger partial charge is 0.354 e. The first kappa shape index (κ1) is 12.7. The van der Waals surface area contributed by atoms with Crippen LogP contribution in [0.3, 0.4) is 0 Å². The van der Waals surface area contributed by atoms with Gasteiger partial charge in [-0.15, -0.1) is 0 Å². The van der Waals surface area contributed by atoms with Gasteiger partial charge in [-0.05, 0) is 19.4 Å². The number of hydrogen-bond donors (Lipinski definition) is 1. The van der Waals surface area contributed by atoms with E-state index in [-0.39, 0.29) is 11.8 Å². The lowest BCUT2D eigenvalue weighted by Gasteiger charge is -2.29. The molecule has 88 valence electrons. The van der Waals surface area contributed by atoms with E-state index in [1.807, 2.05) is 11.0 Å². The molecule has 1 heterocycles. The van der Waals surface area contributed by atoms with E-state index < -0.39 is 0 Å². The number of carbonyl (C=O) groups is 2. The third-order valence-corrected chi connectivity index (χ3v) is 2.66. The molecule has 1 amide bonds. The second-order valence-electron chi connectivity index (χ2n) is 4.03. The first-order valence-electron chi connectivity index (χ1n) is 5.57. The molecular weight excluding hydrogens is 206 g/mol. The minimum Gasteiger partial charge on any atom is -0.354 e. The van der Waals surface area contributed by atoms with Crippen molar-refractivity contribution in [3.63, 3.8) is 0 Å². The molecule has 1 unspecified atom stereocenters. The molecule has 0 saturated carbocycles. The number of likely N-dealkylation sites (tertiary alicyclic amines) is 1. The van der Waals surface area contributed by atoms with Crippen LogP contribution >= 0.6 is 0 Å². The molecule has 1 N–H and O–H groups in total. The summed E-state index contributed by atoms with van der Waals surface area (Å²) in [6.45, 7) is 2.28. The lowest BCUT2D eigenvalue weighted by molar-refractivity contribution is -0.123. The van der Waals surface area contributed by atoms with Gasteiger partial charge in [-0.2, -0.15) is 5.26 Å². The van der Waals surface area contributed by atoms with E-state index in [0.29, 0.717) is 26.1 Å². The predicted octanol–water partition coefficient (Wildman–Crippen LogP) is -0.0728. The van der Waals surface area contributed by atoms with Crippen LogP contribution in [0.2, 0.25) is 0 Å². The molecule has 0 spiro atoms. The second kappa shape index (κ2) is 6.96. The van der Waals surface area contributed by atoms with E-state index in [1.165, 1.54) is 0 Å². The predicted molar refractivity (Wildman–Crippen MR) is 58.5 cm³/mol. The molecule has 1 fully saturated rings. The van der Waals surface area contributed by atoms with Crippen molar-refractivity contribution >= 4 is 12.2 Å². The highest BCUT2D eigenvalue weighted by atomic mass is 16.2. The summed E-state index contributed by atoms with van der Waals surface area (Å²) < 4.78 is 0. The van der Waals surface area contributed by atoms with Gasteiger partial charge in [0.2, 0.25) is 5.91 Å². The highest BCUT2D eigenvalue weighted by Crippen LogP contribution is 2.13. The highest BCUT2D eigenvalue weighted by molar-refractivity contribution is 5.78. The summed E-state index contributed by atoms with van der Waals surface area (Å²) in [5.41, 5.74) is 0. The average Bonchev–Trinajstić information content (AvgIpc) is 2.29. The van der Waals surface area contributed by atoms with Gasteiger partial charge in [0.05, 0.1) is 19.0 Å². The number of rotatable bonds is 5. The molecule has 1 saturated heterocycles. The van der Waals surface area contributed by atoms with E-state index in [1.54, 1.807) is 0 Å². The van der Waals surface area contributed by atoms with Crippen LogP contribution in [0.4, 0.5) is 0 Å². The molecule has 1 aliphatic rings. The number of aldehydes is 1. The fraction of sp³-hybridized carbons (Fsp3) is 0.727. The van der Waals surface area contributed by atoms with Crippen molar-refractivity contribution in [2.24, 2.45) is 5.92 Å². The monoisotopic (exact) mass is 223 g/mol. The maximum atomic E-state index is 11.4. The third-order valence-electron chi connectivity index (χ3n) is 2.66. The summed E-state index contributed by atoms with van der Waals surface area (Å²) in [5, 5.41) is 11.0. The molecule has 1 aliphatic heterocycles. The SMILES string of the molecule is N#CCCNC(=O)CN1CCCC(C=O)C1. The van der Waals surface area contributed by atoms with Gasteiger partial charge < -0.3 is 10.1 Å². The zero-order valence-corrected chi connectivity index (χ0v) is 9.32. The van der Waals surface area contributed by atoms with Gasteiger partial charge in [0, 0.05) is 19.0 Å². The molecule has 1 atom stereocenters. The summed E-state index contributed by atoms with van der Waals surface area (Å²) in [4.78, 5) is 24.1. The number of hydrogen-bond acceptors (Lipinski definition) is 4. The Balaban J connectivity index is 2.22. The zero-order chi connectivity index (χ0) is 11.8. The van der Waals surface area contributed by atoms with Gasteiger partial charge in [-0.25, -0.2) is 0 Å². The van der Waals surface area contributed by atoms with Crippen molar-refractivity contribution in [1.29, 1.82) is 5.26 Å². The minimum atomic E-state index is -0.0678. The average molecular weight is 223 g/mol. The highest BCUT2D eigenvalue weighted by Gasteiger charge is 2.20. The Labute approximate surface area is 95.4 Å². The molecule has 0 aliphatic carbocycles. The number of nitrogens with zero attached hydrogens (tertiary/aromatic N) is 2. The Morgan fingerprint density at radius 2 is 2.44 bits per heavy atom. The van der Waals surface area contributed by atoms with Gasteiger partial charge in [0.25, 0.3) is 0 Å². The van der Waals surface area contributed by atoms with Gasteiger partial charge in [0.15, 0.2) is 0 Å². The van der Waals surface area contributed by atoms with Crippen molar-refractivity contribution in [2.45, 2.75) is 19.3 Å². The van der Waals surface area contributed by atoms with E-state index in [9.17, 15) is 9.59 Å². The molecule has 16 heavy (non-hydrogen) atoms. The summed E-state index contributed by atoms with van der Waals surface area (Å²) in [6.07, 6.45) is 3.20. The lowest BCUT2D eigenvalue weighted by Crippen LogP contribution is -2.43.